The van der Waals surface area contributed by atoms with E-state index in [9.17, 15) is 18.0 Å². The Balaban J connectivity index is 1.31. The molecule has 5 rings (SSSR count). The first-order valence-corrected chi connectivity index (χ1v) is 12.1. The van der Waals surface area contributed by atoms with Crippen molar-refractivity contribution in [1.29, 1.82) is 0 Å². The van der Waals surface area contributed by atoms with E-state index in [0.29, 0.717) is 5.13 Å². The second kappa shape index (κ2) is 9.98. The van der Waals surface area contributed by atoms with Crippen LogP contribution >= 0.6 is 11.3 Å². The van der Waals surface area contributed by atoms with Crippen molar-refractivity contribution in [3.63, 3.8) is 0 Å². The molecule has 0 spiro atoms. The Morgan fingerprint density at radius 1 is 1.08 bits per heavy atom. The van der Waals surface area contributed by atoms with Gasteiger partial charge in [0.1, 0.15) is 0 Å². The van der Waals surface area contributed by atoms with Crippen LogP contribution in [0.4, 0.5) is 18.3 Å². The maximum atomic E-state index is 12.9. The minimum Gasteiger partial charge on any atom is -0.302 e. The molecule has 37 heavy (non-hydrogen) atoms. The first-order chi connectivity index (χ1) is 17.8. The topological polar surface area (TPSA) is 83.6 Å². The fourth-order valence-corrected chi connectivity index (χ4v) is 4.85. The molecular formula is C27H20F3N5OS. The third-order valence-electron chi connectivity index (χ3n) is 5.62. The Morgan fingerprint density at radius 2 is 1.95 bits per heavy atom. The number of benzene rings is 2. The zero-order valence-corrected chi connectivity index (χ0v) is 20.3. The number of amides is 1. The summed E-state index contributed by atoms with van der Waals surface area (Å²) in [6.07, 6.45) is 0.878. The number of hydrogen-bond acceptors (Lipinski definition) is 5. The number of carbonyl (C=O) groups is 1. The number of anilines is 1. The van der Waals surface area contributed by atoms with Gasteiger partial charge < -0.3 is 5.32 Å². The fraction of sp³-hybridized carbons (Fsp3) is 0.111. The minimum absolute atomic E-state index is 0.188. The molecule has 0 aliphatic carbocycles. The van der Waals surface area contributed by atoms with Crippen LogP contribution in [0, 0.1) is 6.92 Å². The summed E-state index contributed by atoms with van der Waals surface area (Å²) in [7, 11) is 0. The minimum atomic E-state index is -4.46. The van der Waals surface area contributed by atoms with Crippen molar-refractivity contribution in [3.8, 4) is 10.4 Å². The number of thiazole rings is 1. The summed E-state index contributed by atoms with van der Waals surface area (Å²) in [4.78, 5) is 22.1. The van der Waals surface area contributed by atoms with Gasteiger partial charge in [-0.05, 0) is 60.5 Å². The number of nitrogens with zero attached hydrogens (tertiary/aromatic N) is 3. The van der Waals surface area contributed by atoms with Crippen LogP contribution in [0.5, 0.6) is 0 Å². The van der Waals surface area contributed by atoms with E-state index in [1.807, 2.05) is 55.5 Å². The molecule has 186 valence electrons. The number of carbonyl (C=O) groups excluding carboxylic acids is 1. The van der Waals surface area contributed by atoms with Crippen LogP contribution in [0.25, 0.3) is 33.5 Å². The highest BCUT2D eigenvalue weighted by Gasteiger charge is 2.30. The van der Waals surface area contributed by atoms with Crippen molar-refractivity contribution in [2.24, 2.45) is 0 Å². The summed E-state index contributed by atoms with van der Waals surface area (Å²) in [5, 5.41) is 11.5. The molecule has 0 unspecified atom stereocenters. The molecule has 0 bridgehead atoms. The Hall–Kier alpha value is -4.31. The van der Waals surface area contributed by atoms with Gasteiger partial charge in [-0.25, -0.2) is 4.98 Å². The number of alkyl halides is 3. The van der Waals surface area contributed by atoms with Gasteiger partial charge in [-0.1, -0.05) is 41.7 Å². The van der Waals surface area contributed by atoms with Crippen LogP contribution in [-0.2, 0) is 17.4 Å². The zero-order valence-electron chi connectivity index (χ0n) is 19.5. The van der Waals surface area contributed by atoms with E-state index >= 15 is 0 Å². The summed E-state index contributed by atoms with van der Waals surface area (Å²) in [6.45, 7) is 1.84. The van der Waals surface area contributed by atoms with E-state index in [1.54, 1.807) is 6.20 Å². The number of H-pyrrole nitrogens is 1. The predicted molar refractivity (Wildman–Crippen MR) is 139 cm³/mol. The van der Waals surface area contributed by atoms with Gasteiger partial charge in [-0.2, -0.15) is 18.3 Å². The summed E-state index contributed by atoms with van der Waals surface area (Å²) in [5.41, 5.74) is 3.60. The van der Waals surface area contributed by atoms with Crippen molar-refractivity contribution in [1.82, 2.24) is 20.2 Å². The average molecular weight is 520 g/mol. The molecule has 1 amide bonds. The molecular weight excluding hydrogens is 499 g/mol. The van der Waals surface area contributed by atoms with E-state index in [1.165, 1.54) is 23.5 Å². The van der Waals surface area contributed by atoms with Crippen LogP contribution < -0.4 is 5.32 Å². The fourth-order valence-electron chi connectivity index (χ4n) is 3.87. The number of fused-ring (bicyclic) bond motifs is 1. The largest absolute Gasteiger partial charge is 0.416 e. The Morgan fingerprint density at radius 3 is 2.73 bits per heavy atom. The molecule has 0 aliphatic heterocycles. The van der Waals surface area contributed by atoms with Crippen molar-refractivity contribution in [3.05, 3.63) is 95.1 Å². The number of aromatic nitrogens is 4. The molecule has 2 aromatic carbocycles. The number of rotatable bonds is 6. The van der Waals surface area contributed by atoms with Gasteiger partial charge in [-0.15, -0.1) is 0 Å². The lowest BCUT2D eigenvalue weighted by Gasteiger charge is -2.08. The molecule has 3 aromatic heterocycles. The van der Waals surface area contributed by atoms with Crippen LogP contribution in [0.3, 0.4) is 0 Å². The lowest BCUT2D eigenvalue weighted by molar-refractivity contribution is -0.137. The molecule has 2 N–H and O–H groups in total. The van der Waals surface area contributed by atoms with Gasteiger partial charge in [0.05, 0.1) is 39.5 Å². The predicted octanol–water partition coefficient (Wildman–Crippen LogP) is 6.76. The molecule has 0 aliphatic rings. The molecule has 6 nitrogen and oxygen atoms in total. The van der Waals surface area contributed by atoms with Crippen molar-refractivity contribution in [2.45, 2.75) is 19.5 Å². The van der Waals surface area contributed by atoms with Gasteiger partial charge >= 0.3 is 6.18 Å². The van der Waals surface area contributed by atoms with Crippen molar-refractivity contribution >= 4 is 45.4 Å². The van der Waals surface area contributed by atoms with Crippen LogP contribution in [0.2, 0.25) is 0 Å². The second-order valence-corrected chi connectivity index (χ2v) is 9.31. The van der Waals surface area contributed by atoms with Gasteiger partial charge in [-0.3, -0.25) is 14.9 Å². The van der Waals surface area contributed by atoms with Crippen LogP contribution in [0.1, 0.15) is 28.2 Å². The molecule has 5 aromatic rings. The molecule has 0 saturated carbocycles. The van der Waals surface area contributed by atoms with E-state index in [0.717, 1.165) is 50.6 Å². The molecule has 0 fully saturated rings. The maximum Gasteiger partial charge on any atom is 0.416 e. The van der Waals surface area contributed by atoms with Crippen molar-refractivity contribution in [2.75, 3.05) is 5.32 Å². The monoisotopic (exact) mass is 519 g/mol. The molecule has 3 heterocycles. The van der Waals surface area contributed by atoms with Crippen LogP contribution in [-0.4, -0.2) is 26.1 Å². The molecule has 10 heteroatoms. The zero-order chi connectivity index (χ0) is 26.0. The highest BCUT2D eigenvalue weighted by molar-refractivity contribution is 7.19. The number of nitrogens with one attached hydrogen (secondary N) is 2. The van der Waals surface area contributed by atoms with E-state index in [2.05, 4.69) is 25.5 Å². The summed E-state index contributed by atoms with van der Waals surface area (Å²) in [6, 6.07) is 16.3. The average Bonchev–Trinajstić information content (AvgIpc) is 3.45. The normalized spacial score (nSPS) is 11.9. The number of aromatic amines is 1. The molecule has 0 saturated heterocycles. The lowest BCUT2D eigenvalue weighted by atomic mass is 10.1. The third-order valence-corrected chi connectivity index (χ3v) is 6.74. The number of pyridine rings is 1. The Bertz CT molecular complexity index is 1610. The summed E-state index contributed by atoms with van der Waals surface area (Å²) < 4.78 is 38.8. The van der Waals surface area contributed by atoms with E-state index in [-0.39, 0.29) is 12.0 Å². The SMILES string of the molecule is Cc1nc(NC(=O)Cc2cccc(C(F)(F)F)c2)sc1-c1ccc2c(C=Cc3ccccn3)n[nH]c2c1. The first-order valence-electron chi connectivity index (χ1n) is 11.3. The third kappa shape index (κ3) is 5.59. The molecule has 0 radical (unpaired) electrons. The standard InChI is InChI=1S/C27H20F3N5OS/c1-16-25(37-26(32-16)33-24(36)14-17-5-4-6-19(13-17)27(28,29)30)18-8-10-21-22(34-35-23(21)15-18)11-9-20-7-2-3-12-31-20/h2-13,15H,14H2,1H3,(H,34,35)(H,32,33,36). The van der Waals surface area contributed by atoms with Gasteiger partial charge in [0.2, 0.25) is 5.91 Å². The Kier molecular flexibility index (Phi) is 6.58. The molecule has 0 atom stereocenters. The first kappa shape index (κ1) is 24.4. The van der Waals surface area contributed by atoms with Gasteiger partial charge in [0.25, 0.3) is 0 Å². The number of hydrogen-bond donors (Lipinski definition) is 2. The smallest absolute Gasteiger partial charge is 0.302 e. The van der Waals surface area contributed by atoms with Crippen molar-refractivity contribution < 1.29 is 18.0 Å². The van der Waals surface area contributed by atoms with Crippen LogP contribution in [0.15, 0.2) is 66.9 Å². The number of aryl methyl sites for hydroxylation is 1. The quantitative estimate of drug-likeness (QED) is 0.260. The Labute approximate surface area is 213 Å². The maximum absolute atomic E-state index is 12.9. The summed E-state index contributed by atoms with van der Waals surface area (Å²) >= 11 is 1.30. The van der Waals surface area contributed by atoms with E-state index < -0.39 is 17.6 Å². The van der Waals surface area contributed by atoms with Gasteiger partial charge in [0.15, 0.2) is 5.13 Å². The lowest BCUT2D eigenvalue weighted by Crippen LogP contribution is -2.15. The number of halogens is 3. The highest BCUT2D eigenvalue weighted by atomic mass is 32.1. The highest BCUT2D eigenvalue weighted by Crippen LogP contribution is 2.35. The van der Waals surface area contributed by atoms with E-state index in [4.69, 9.17) is 0 Å². The van der Waals surface area contributed by atoms with Gasteiger partial charge in [0, 0.05) is 11.6 Å². The summed E-state index contributed by atoms with van der Waals surface area (Å²) in [5.74, 6) is -0.437. The second-order valence-electron chi connectivity index (χ2n) is 8.31.